The average molecular weight is 348 g/mol. The SMILES string of the molecule is CC(C)c1cc(C(=O)c2ccccc2)c(Br)cc1[N+](=O)[O-]. The Morgan fingerprint density at radius 2 is 1.81 bits per heavy atom. The predicted octanol–water partition coefficient (Wildman–Crippen LogP) is 4.71. The summed E-state index contributed by atoms with van der Waals surface area (Å²) >= 11 is 3.27. The molecule has 0 saturated carbocycles. The molecular weight excluding hydrogens is 334 g/mol. The van der Waals surface area contributed by atoms with Crippen LogP contribution in [0.15, 0.2) is 46.9 Å². The first-order valence-corrected chi connectivity index (χ1v) is 7.28. The lowest BCUT2D eigenvalue weighted by Crippen LogP contribution is -2.06. The zero-order chi connectivity index (χ0) is 15.6. The molecule has 0 aliphatic rings. The third-order valence-corrected chi connectivity index (χ3v) is 3.87. The Kier molecular flexibility index (Phi) is 4.53. The summed E-state index contributed by atoms with van der Waals surface area (Å²) in [5, 5.41) is 11.1. The van der Waals surface area contributed by atoms with Crippen molar-refractivity contribution in [1.82, 2.24) is 0 Å². The molecule has 0 radical (unpaired) electrons. The van der Waals surface area contributed by atoms with Gasteiger partial charge in [-0.15, -0.1) is 0 Å². The molecule has 0 heterocycles. The molecule has 5 heteroatoms. The molecule has 2 aromatic rings. The van der Waals surface area contributed by atoms with Gasteiger partial charge in [0.2, 0.25) is 0 Å². The van der Waals surface area contributed by atoms with Crippen molar-refractivity contribution >= 4 is 27.4 Å². The van der Waals surface area contributed by atoms with E-state index in [1.807, 2.05) is 19.9 Å². The van der Waals surface area contributed by atoms with Crippen LogP contribution >= 0.6 is 15.9 Å². The van der Waals surface area contributed by atoms with E-state index in [0.29, 0.717) is 21.2 Å². The number of nitro groups is 1. The molecule has 0 aliphatic carbocycles. The molecule has 0 aliphatic heterocycles. The summed E-state index contributed by atoms with van der Waals surface area (Å²) in [6, 6.07) is 11.9. The summed E-state index contributed by atoms with van der Waals surface area (Å²) in [5.74, 6) is -0.194. The predicted molar refractivity (Wildman–Crippen MR) is 84.8 cm³/mol. The number of carbonyl (C=O) groups excluding carboxylic acids is 1. The van der Waals surface area contributed by atoms with E-state index >= 15 is 0 Å². The fourth-order valence-corrected chi connectivity index (χ4v) is 2.63. The second kappa shape index (κ2) is 6.18. The fourth-order valence-electron chi connectivity index (χ4n) is 2.12. The highest BCUT2D eigenvalue weighted by Crippen LogP contribution is 2.33. The van der Waals surface area contributed by atoms with Crippen LogP contribution in [0.5, 0.6) is 0 Å². The summed E-state index contributed by atoms with van der Waals surface area (Å²) in [4.78, 5) is 23.2. The molecule has 2 aromatic carbocycles. The number of nitro benzene ring substituents is 1. The Hall–Kier alpha value is -2.01. The second-order valence-electron chi connectivity index (χ2n) is 5.00. The Bertz CT molecular complexity index is 696. The van der Waals surface area contributed by atoms with Crippen LogP contribution in [0.1, 0.15) is 41.3 Å². The van der Waals surface area contributed by atoms with Crippen molar-refractivity contribution in [3.05, 3.63) is 73.7 Å². The first-order chi connectivity index (χ1) is 9.91. The standard InChI is InChI=1S/C16H14BrNO3/c1-10(2)12-8-13(14(17)9-15(12)18(20)21)16(19)11-6-4-3-5-7-11/h3-10H,1-2H3. The molecule has 0 saturated heterocycles. The van der Waals surface area contributed by atoms with E-state index in [1.54, 1.807) is 30.3 Å². The summed E-state index contributed by atoms with van der Waals surface area (Å²) < 4.78 is 0.437. The van der Waals surface area contributed by atoms with E-state index in [0.717, 1.165) is 0 Å². The van der Waals surface area contributed by atoms with Gasteiger partial charge in [-0.3, -0.25) is 14.9 Å². The Morgan fingerprint density at radius 1 is 1.19 bits per heavy atom. The van der Waals surface area contributed by atoms with Crippen molar-refractivity contribution in [1.29, 1.82) is 0 Å². The quantitative estimate of drug-likeness (QED) is 0.457. The van der Waals surface area contributed by atoms with Gasteiger partial charge in [0.05, 0.1) is 4.92 Å². The van der Waals surface area contributed by atoms with Gasteiger partial charge in [-0.05, 0) is 27.9 Å². The van der Waals surface area contributed by atoms with E-state index in [2.05, 4.69) is 15.9 Å². The van der Waals surface area contributed by atoms with Gasteiger partial charge in [0.15, 0.2) is 5.78 Å². The van der Waals surface area contributed by atoms with Crippen LogP contribution < -0.4 is 0 Å². The molecule has 0 amide bonds. The van der Waals surface area contributed by atoms with Crippen molar-refractivity contribution in [3.63, 3.8) is 0 Å². The van der Waals surface area contributed by atoms with Crippen LogP contribution in [0.25, 0.3) is 0 Å². The molecule has 2 rings (SSSR count). The van der Waals surface area contributed by atoms with Crippen LogP contribution in [0.4, 0.5) is 5.69 Å². The van der Waals surface area contributed by atoms with Crippen LogP contribution in [-0.2, 0) is 0 Å². The topological polar surface area (TPSA) is 60.2 Å². The van der Waals surface area contributed by atoms with E-state index in [9.17, 15) is 14.9 Å². The molecule has 108 valence electrons. The first-order valence-electron chi connectivity index (χ1n) is 6.49. The van der Waals surface area contributed by atoms with Crippen LogP contribution in [0, 0.1) is 10.1 Å². The van der Waals surface area contributed by atoms with Gasteiger partial charge in [0.25, 0.3) is 5.69 Å². The molecule has 0 N–H and O–H groups in total. The molecular formula is C16H14BrNO3. The van der Waals surface area contributed by atoms with Gasteiger partial charge < -0.3 is 0 Å². The molecule has 0 fully saturated rings. The van der Waals surface area contributed by atoms with Crippen LogP contribution in [0.3, 0.4) is 0 Å². The highest BCUT2D eigenvalue weighted by Gasteiger charge is 2.22. The lowest BCUT2D eigenvalue weighted by molar-refractivity contribution is -0.385. The highest BCUT2D eigenvalue weighted by atomic mass is 79.9. The number of hydrogen-bond acceptors (Lipinski definition) is 3. The Balaban J connectivity index is 2.58. The first kappa shape index (κ1) is 15.4. The second-order valence-corrected chi connectivity index (χ2v) is 5.85. The molecule has 4 nitrogen and oxygen atoms in total. The molecule has 0 bridgehead atoms. The zero-order valence-corrected chi connectivity index (χ0v) is 13.3. The maximum absolute atomic E-state index is 12.5. The highest BCUT2D eigenvalue weighted by molar-refractivity contribution is 9.10. The van der Waals surface area contributed by atoms with Gasteiger partial charge in [0.1, 0.15) is 0 Å². The number of rotatable bonds is 4. The van der Waals surface area contributed by atoms with Crippen molar-refractivity contribution < 1.29 is 9.72 Å². The smallest absolute Gasteiger partial charge is 0.274 e. The summed E-state index contributed by atoms with van der Waals surface area (Å²) in [5.41, 5.74) is 1.58. The van der Waals surface area contributed by atoms with E-state index in [4.69, 9.17) is 0 Å². The molecule has 0 atom stereocenters. The van der Waals surface area contributed by atoms with Gasteiger partial charge >= 0.3 is 0 Å². The molecule has 0 unspecified atom stereocenters. The number of ketones is 1. The van der Waals surface area contributed by atoms with Crippen molar-refractivity contribution in [2.24, 2.45) is 0 Å². The van der Waals surface area contributed by atoms with Gasteiger partial charge in [-0.2, -0.15) is 0 Å². The van der Waals surface area contributed by atoms with Gasteiger partial charge in [-0.1, -0.05) is 44.2 Å². The zero-order valence-electron chi connectivity index (χ0n) is 11.7. The van der Waals surface area contributed by atoms with Crippen molar-refractivity contribution in [3.8, 4) is 0 Å². The van der Waals surface area contributed by atoms with Crippen LogP contribution in [-0.4, -0.2) is 10.7 Å². The molecule has 0 spiro atoms. The van der Waals surface area contributed by atoms with E-state index in [-0.39, 0.29) is 17.4 Å². The number of carbonyl (C=O) groups is 1. The van der Waals surface area contributed by atoms with Crippen LogP contribution in [0.2, 0.25) is 0 Å². The fraction of sp³-hybridized carbons (Fsp3) is 0.188. The Morgan fingerprint density at radius 3 is 2.33 bits per heavy atom. The lowest BCUT2D eigenvalue weighted by atomic mass is 9.95. The average Bonchev–Trinajstić information content (AvgIpc) is 2.46. The number of halogens is 1. The van der Waals surface area contributed by atoms with E-state index in [1.165, 1.54) is 6.07 Å². The van der Waals surface area contributed by atoms with E-state index < -0.39 is 4.92 Å². The molecule has 21 heavy (non-hydrogen) atoms. The largest absolute Gasteiger partial charge is 0.289 e. The van der Waals surface area contributed by atoms with Crippen molar-refractivity contribution in [2.45, 2.75) is 19.8 Å². The maximum atomic E-state index is 12.5. The monoisotopic (exact) mass is 347 g/mol. The normalized spacial score (nSPS) is 10.7. The third kappa shape index (κ3) is 3.19. The Labute approximate surface area is 131 Å². The third-order valence-electron chi connectivity index (χ3n) is 3.22. The summed E-state index contributed by atoms with van der Waals surface area (Å²) in [6.45, 7) is 3.74. The molecule has 0 aromatic heterocycles. The van der Waals surface area contributed by atoms with Crippen molar-refractivity contribution in [2.75, 3.05) is 0 Å². The lowest BCUT2D eigenvalue weighted by Gasteiger charge is -2.11. The minimum atomic E-state index is -0.420. The number of benzene rings is 2. The van der Waals surface area contributed by atoms with Gasteiger partial charge in [0, 0.05) is 27.2 Å². The minimum absolute atomic E-state index is 0.0292. The summed E-state index contributed by atoms with van der Waals surface area (Å²) in [6.07, 6.45) is 0. The summed E-state index contributed by atoms with van der Waals surface area (Å²) in [7, 11) is 0. The number of nitrogens with zero attached hydrogens (tertiary/aromatic N) is 1. The maximum Gasteiger partial charge on any atom is 0.274 e. The minimum Gasteiger partial charge on any atom is -0.289 e. The van der Waals surface area contributed by atoms with Gasteiger partial charge in [-0.25, -0.2) is 0 Å². The number of hydrogen-bond donors (Lipinski definition) is 0.